The Morgan fingerprint density at radius 2 is 2.29 bits per heavy atom. The summed E-state index contributed by atoms with van der Waals surface area (Å²) in [6.45, 7) is 2.73. The number of nitrogens with zero attached hydrogens (tertiary/aromatic N) is 2. The Morgan fingerprint density at radius 1 is 1.48 bits per heavy atom. The summed E-state index contributed by atoms with van der Waals surface area (Å²) in [4.78, 5) is 16.5. The largest absolute Gasteiger partial charge is 0.352 e. The van der Waals surface area contributed by atoms with Crippen LogP contribution in [0.3, 0.4) is 0 Å². The van der Waals surface area contributed by atoms with Gasteiger partial charge in [0.15, 0.2) is 9.84 Å². The first-order chi connectivity index (χ1) is 9.91. The molecular weight excluding hydrogens is 290 g/mol. The van der Waals surface area contributed by atoms with Gasteiger partial charge in [0.1, 0.15) is 5.82 Å². The first kappa shape index (κ1) is 14.6. The zero-order valence-corrected chi connectivity index (χ0v) is 13.0. The molecule has 0 unspecified atom stereocenters. The van der Waals surface area contributed by atoms with Crippen LogP contribution in [0.2, 0.25) is 0 Å². The van der Waals surface area contributed by atoms with Gasteiger partial charge in [0.25, 0.3) is 0 Å². The quantitative estimate of drug-likeness (QED) is 0.878. The van der Waals surface area contributed by atoms with E-state index in [-0.39, 0.29) is 29.4 Å². The highest BCUT2D eigenvalue weighted by atomic mass is 32.2. The third-order valence-corrected chi connectivity index (χ3v) is 6.12. The highest BCUT2D eigenvalue weighted by Gasteiger charge is 2.30. The maximum Gasteiger partial charge on any atom is 0.220 e. The van der Waals surface area contributed by atoms with Crippen molar-refractivity contribution in [3.63, 3.8) is 0 Å². The fraction of sp³-hybridized carbons (Fsp3) is 0.714. The van der Waals surface area contributed by atoms with Crippen LogP contribution in [0.1, 0.15) is 30.8 Å². The minimum absolute atomic E-state index is 0.00959. The fourth-order valence-electron chi connectivity index (χ4n) is 3.29. The van der Waals surface area contributed by atoms with Crippen molar-refractivity contribution < 1.29 is 13.2 Å². The lowest BCUT2D eigenvalue weighted by atomic mass is 10.0. The number of carbonyl (C=O) groups is 1. The van der Waals surface area contributed by atoms with E-state index in [0.29, 0.717) is 12.8 Å². The number of amides is 1. The summed E-state index contributed by atoms with van der Waals surface area (Å²) in [7, 11) is -2.90. The molecule has 3 heterocycles. The number of sulfone groups is 1. The molecule has 1 amide bonds. The van der Waals surface area contributed by atoms with Crippen LogP contribution < -0.4 is 5.32 Å². The van der Waals surface area contributed by atoms with Gasteiger partial charge in [0.05, 0.1) is 17.2 Å². The van der Waals surface area contributed by atoms with Gasteiger partial charge >= 0.3 is 0 Å². The van der Waals surface area contributed by atoms with Crippen LogP contribution in [0.15, 0.2) is 6.20 Å². The molecule has 0 spiro atoms. The SMILES string of the molecule is Cc1cn2c(n1)CC[C@H](NC(=O)C[C@@H]1CCS(=O)(=O)C1)C2. The molecular formula is C14H21N3O3S. The molecule has 7 heteroatoms. The summed E-state index contributed by atoms with van der Waals surface area (Å²) in [6, 6.07) is 0.122. The van der Waals surface area contributed by atoms with Crippen LogP contribution in [0.5, 0.6) is 0 Å². The fourth-order valence-corrected chi connectivity index (χ4v) is 5.15. The molecule has 1 aromatic rings. The highest BCUT2D eigenvalue weighted by molar-refractivity contribution is 7.91. The minimum atomic E-state index is -2.90. The lowest BCUT2D eigenvalue weighted by Gasteiger charge is -2.25. The molecule has 3 rings (SSSR count). The summed E-state index contributed by atoms with van der Waals surface area (Å²) < 4.78 is 24.9. The molecule has 1 N–H and O–H groups in total. The normalized spacial score (nSPS) is 27.3. The monoisotopic (exact) mass is 311 g/mol. The molecule has 0 aromatic carbocycles. The van der Waals surface area contributed by atoms with Crippen LogP contribution in [0.25, 0.3) is 0 Å². The zero-order chi connectivity index (χ0) is 15.0. The maximum atomic E-state index is 12.1. The number of imidazole rings is 1. The Labute approximate surface area is 124 Å². The Bertz CT molecular complexity index is 650. The molecule has 1 aromatic heterocycles. The van der Waals surface area contributed by atoms with Crippen LogP contribution >= 0.6 is 0 Å². The van der Waals surface area contributed by atoms with Crippen LogP contribution in [0, 0.1) is 12.8 Å². The van der Waals surface area contributed by atoms with E-state index in [1.807, 2.05) is 13.1 Å². The number of fused-ring (bicyclic) bond motifs is 1. The van der Waals surface area contributed by atoms with Gasteiger partial charge in [-0.05, 0) is 25.7 Å². The second-order valence-electron chi connectivity index (χ2n) is 6.23. The molecule has 2 aliphatic heterocycles. The van der Waals surface area contributed by atoms with E-state index in [2.05, 4.69) is 14.9 Å². The van der Waals surface area contributed by atoms with Crippen molar-refractivity contribution in [1.82, 2.24) is 14.9 Å². The molecule has 0 radical (unpaired) electrons. The number of aromatic nitrogens is 2. The molecule has 116 valence electrons. The predicted octanol–water partition coefficient (Wildman–Crippen LogP) is 0.447. The van der Waals surface area contributed by atoms with Crippen molar-refractivity contribution >= 4 is 15.7 Å². The number of nitrogens with one attached hydrogen (secondary N) is 1. The second-order valence-corrected chi connectivity index (χ2v) is 8.46. The van der Waals surface area contributed by atoms with Crippen LogP contribution in [-0.4, -0.2) is 41.4 Å². The first-order valence-corrected chi connectivity index (χ1v) is 9.26. The second kappa shape index (κ2) is 5.44. The Hall–Kier alpha value is -1.37. The zero-order valence-electron chi connectivity index (χ0n) is 12.2. The third kappa shape index (κ3) is 3.45. The van der Waals surface area contributed by atoms with Crippen molar-refractivity contribution in [3.8, 4) is 0 Å². The smallest absolute Gasteiger partial charge is 0.220 e. The van der Waals surface area contributed by atoms with E-state index in [1.54, 1.807) is 0 Å². The summed E-state index contributed by atoms with van der Waals surface area (Å²) in [5.41, 5.74) is 1.01. The summed E-state index contributed by atoms with van der Waals surface area (Å²) >= 11 is 0. The van der Waals surface area contributed by atoms with Crippen molar-refractivity contribution in [2.75, 3.05) is 11.5 Å². The average Bonchev–Trinajstić information content (AvgIpc) is 2.90. The van der Waals surface area contributed by atoms with E-state index in [4.69, 9.17) is 0 Å². The molecule has 6 nitrogen and oxygen atoms in total. The van der Waals surface area contributed by atoms with Crippen LogP contribution in [0.4, 0.5) is 0 Å². The van der Waals surface area contributed by atoms with Crippen molar-refractivity contribution in [3.05, 3.63) is 17.7 Å². The molecule has 0 bridgehead atoms. The van der Waals surface area contributed by atoms with Gasteiger partial charge < -0.3 is 9.88 Å². The highest BCUT2D eigenvalue weighted by Crippen LogP contribution is 2.22. The van der Waals surface area contributed by atoms with Crippen molar-refractivity contribution in [1.29, 1.82) is 0 Å². The Morgan fingerprint density at radius 3 is 3.00 bits per heavy atom. The number of aryl methyl sites for hydroxylation is 2. The standard InChI is InChI=1S/C14H21N3O3S/c1-10-7-17-8-12(2-3-13(17)15-10)16-14(18)6-11-4-5-21(19,20)9-11/h7,11-12H,2-6,8-9H2,1H3,(H,16,18)/t11-,12-/m0/s1. The predicted molar refractivity (Wildman–Crippen MR) is 78.6 cm³/mol. The first-order valence-electron chi connectivity index (χ1n) is 7.44. The lowest BCUT2D eigenvalue weighted by molar-refractivity contribution is -0.122. The van der Waals surface area contributed by atoms with Gasteiger partial charge in [-0.25, -0.2) is 13.4 Å². The molecule has 2 aliphatic rings. The summed E-state index contributed by atoms with van der Waals surface area (Å²) in [6.07, 6.45) is 4.72. The van der Waals surface area contributed by atoms with E-state index in [9.17, 15) is 13.2 Å². The summed E-state index contributed by atoms with van der Waals surface area (Å²) in [5.74, 6) is 1.44. The van der Waals surface area contributed by atoms with Gasteiger partial charge in [-0.3, -0.25) is 4.79 Å². The number of hydrogen-bond donors (Lipinski definition) is 1. The molecule has 21 heavy (non-hydrogen) atoms. The van der Waals surface area contributed by atoms with Gasteiger partial charge in [0.2, 0.25) is 5.91 Å². The van der Waals surface area contributed by atoms with E-state index in [1.165, 1.54) is 0 Å². The van der Waals surface area contributed by atoms with E-state index in [0.717, 1.165) is 30.9 Å². The van der Waals surface area contributed by atoms with Gasteiger partial charge in [0, 0.05) is 31.6 Å². The van der Waals surface area contributed by atoms with Gasteiger partial charge in [-0.2, -0.15) is 0 Å². The van der Waals surface area contributed by atoms with E-state index >= 15 is 0 Å². The number of rotatable bonds is 3. The van der Waals surface area contributed by atoms with Crippen molar-refractivity contribution in [2.24, 2.45) is 5.92 Å². The van der Waals surface area contributed by atoms with Crippen LogP contribution in [-0.2, 0) is 27.6 Å². The van der Waals surface area contributed by atoms with Crippen molar-refractivity contribution in [2.45, 2.75) is 45.2 Å². The molecule has 0 aliphatic carbocycles. The number of hydrogen-bond acceptors (Lipinski definition) is 4. The summed E-state index contributed by atoms with van der Waals surface area (Å²) in [5, 5.41) is 3.04. The molecule has 0 saturated carbocycles. The molecule has 1 saturated heterocycles. The van der Waals surface area contributed by atoms with E-state index < -0.39 is 9.84 Å². The maximum absolute atomic E-state index is 12.1. The minimum Gasteiger partial charge on any atom is -0.352 e. The Balaban J connectivity index is 1.52. The van der Waals surface area contributed by atoms with Gasteiger partial charge in [-0.15, -0.1) is 0 Å². The lowest BCUT2D eigenvalue weighted by Crippen LogP contribution is -2.41. The third-order valence-electron chi connectivity index (χ3n) is 4.28. The molecule has 1 fully saturated rings. The number of carbonyl (C=O) groups excluding carboxylic acids is 1. The average molecular weight is 311 g/mol. The molecule has 2 atom stereocenters. The topological polar surface area (TPSA) is 81.1 Å². The van der Waals surface area contributed by atoms with Gasteiger partial charge in [-0.1, -0.05) is 0 Å². The Kier molecular flexibility index (Phi) is 3.77.